The number of nitrogens with zero attached hydrogens (tertiary/aromatic N) is 3. The van der Waals surface area contributed by atoms with Crippen molar-refractivity contribution in [3.8, 4) is 0 Å². The summed E-state index contributed by atoms with van der Waals surface area (Å²) in [5.41, 5.74) is 1.01. The molecular weight excluding hydrogens is 310 g/mol. The maximum Gasteiger partial charge on any atom is 0.315 e. The van der Waals surface area contributed by atoms with Crippen molar-refractivity contribution < 1.29 is 9.59 Å². The second kappa shape index (κ2) is 5.88. The molecule has 2 amide bonds. The van der Waals surface area contributed by atoms with Crippen molar-refractivity contribution in [1.29, 1.82) is 0 Å². The zero-order valence-corrected chi connectivity index (χ0v) is 12.9. The summed E-state index contributed by atoms with van der Waals surface area (Å²) in [6.07, 6.45) is 2.42. The van der Waals surface area contributed by atoms with Crippen molar-refractivity contribution in [2.45, 2.75) is 13.0 Å². The SMILES string of the molecule is CN1CCc2nc(NC(=O)C(=O)Nc3nccs3)sc2C1. The predicted molar refractivity (Wildman–Crippen MR) is 81.5 cm³/mol. The molecule has 0 unspecified atom stereocenters. The van der Waals surface area contributed by atoms with Gasteiger partial charge in [0.1, 0.15) is 0 Å². The Labute approximate surface area is 129 Å². The Balaban J connectivity index is 1.63. The van der Waals surface area contributed by atoms with Gasteiger partial charge in [-0.1, -0.05) is 0 Å². The third-order valence-corrected chi connectivity index (χ3v) is 4.69. The molecule has 0 bridgehead atoms. The highest BCUT2D eigenvalue weighted by Crippen LogP contribution is 2.27. The van der Waals surface area contributed by atoms with Crippen molar-refractivity contribution in [2.75, 3.05) is 24.2 Å². The molecule has 21 heavy (non-hydrogen) atoms. The Hall–Kier alpha value is -1.84. The van der Waals surface area contributed by atoms with Gasteiger partial charge < -0.3 is 4.90 Å². The highest BCUT2D eigenvalue weighted by atomic mass is 32.1. The number of thiazole rings is 2. The summed E-state index contributed by atoms with van der Waals surface area (Å²) in [5, 5.41) is 7.56. The molecule has 0 atom stereocenters. The lowest BCUT2D eigenvalue weighted by molar-refractivity contribution is -0.132. The molecule has 0 aromatic carbocycles. The van der Waals surface area contributed by atoms with Crippen LogP contribution in [0.4, 0.5) is 10.3 Å². The quantitative estimate of drug-likeness (QED) is 0.810. The average Bonchev–Trinajstić information content (AvgIpc) is 3.07. The van der Waals surface area contributed by atoms with Gasteiger partial charge in [-0.15, -0.1) is 22.7 Å². The van der Waals surface area contributed by atoms with Crippen LogP contribution in [0, 0.1) is 0 Å². The van der Waals surface area contributed by atoms with Gasteiger partial charge in [0.05, 0.1) is 5.69 Å². The largest absolute Gasteiger partial charge is 0.315 e. The highest BCUT2D eigenvalue weighted by Gasteiger charge is 2.21. The number of aromatic nitrogens is 2. The fourth-order valence-electron chi connectivity index (χ4n) is 1.97. The number of carbonyl (C=O) groups is 2. The molecule has 2 N–H and O–H groups in total. The number of likely N-dealkylation sites (N-methyl/N-ethyl adjacent to an activating group) is 1. The van der Waals surface area contributed by atoms with Crippen LogP contribution in [0.2, 0.25) is 0 Å². The first-order valence-electron chi connectivity index (χ1n) is 6.31. The van der Waals surface area contributed by atoms with Gasteiger partial charge in [0.2, 0.25) is 0 Å². The zero-order valence-electron chi connectivity index (χ0n) is 11.3. The summed E-state index contributed by atoms with van der Waals surface area (Å²) in [4.78, 5) is 35.1. The van der Waals surface area contributed by atoms with Gasteiger partial charge >= 0.3 is 11.8 Å². The Bertz CT molecular complexity index is 667. The molecule has 110 valence electrons. The molecule has 0 fully saturated rings. The molecule has 2 aromatic rings. The Kier molecular flexibility index (Phi) is 3.95. The van der Waals surface area contributed by atoms with Crippen molar-refractivity contribution >= 4 is 44.8 Å². The summed E-state index contributed by atoms with van der Waals surface area (Å²) in [6.45, 7) is 1.78. The summed E-state index contributed by atoms with van der Waals surface area (Å²) in [5.74, 6) is -1.47. The third kappa shape index (κ3) is 3.26. The number of rotatable bonds is 2. The predicted octanol–water partition coefficient (Wildman–Crippen LogP) is 1.16. The molecule has 1 aliphatic rings. The Morgan fingerprint density at radius 3 is 2.76 bits per heavy atom. The van der Waals surface area contributed by atoms with E-state index >= 15 is 0 Å². The molecule has 0 radical (unpaired) electrons. The van der Waals surface area contributed by atoms with Gasteiger partial charge in [-0.3, -0.25) is 20.2 Å². The van der Waals surface area contributed by atoms with E-state index in [4.69, 9.17) is 0 Å². The summed E-state index contributed by atoms with van der Waals surface area (Å²) in [6, 6.07) is 0. The van der Waals surface area contributed by atoms with E-state index in [1.165, 1.54) is 22.7 Å². The maximum absolute atomic E-state index is 11.8. The molecule has 0 spiro atoms. The van der Waals surface area contributed by atoms with Crippen LogP contribution in [0.1, 0.15) is 10.6 Å². The fourth-order valence-corrected chi connectivity index (χ4v) is 3.58. The summed E-state index contributed by atoms with van der Waals surface area (Å²) in [7, 11) is 2.04. The monoisotopic (exact) mass is 323 g/mol. The van der Waals surface area contributed by atoms with Crippen molar-refractivity contribution in [3.05, 3.63) is 22.1 Å². The van der Waals surface area contributed by atoms with Crippen molar-refractivity contribution in [1.82, 2.24) is 14.9 Å². The first-order chi connectivity index (χ1) is 10.1. The van der Waals surface area contributed by atoms with E-state index in [1.807, 2.05) is 7.05 Å². The molecule has 3 rings (SSSR count). The average molecular weight is 323 g/mol. The number of hydrogen-bond acceptors (Lipinski definition) is 7. The van der Waals surface area contributed by atoms with E-state index in [-0.39, 0.29) is 0 Å². The van der Waals surface area contributed by atoms with Crippen LogP contribution in [-0.2, 0) is 22.6 Å². The normalized spacial score (nSPS) is 14.5. The third-order valence-electron chi connectivity index (χ3n) is 3.00. The van der Waals surface area contributed by atoms with E-state index in [0.29, 0.717) is 10.3 Å². The Morgan fingerprint density at radius 2 is 2.05 bits per heavy atom. The van der Waals surface area contributed by atoms with Crippen LogP contribution < -0.4 is 10.6 Å². The van der Waals surface area contributed by atoms with E-state index in [0.717, 1.165) is 30.1 Å². The highest BCUT2D eigenvalue weighted by molar-refractivity contribution is 7.16. The molecule has 1 aliphatic heterocycles. The van der Waals surface area contributed by atoms with Crippen molar-refractivity contribution in [2.24, 2.45) is 0 Å². The van der Waals surface area contributed by atoms with Crippen LogP contribution in [0.5, 0.6) is 0 Å². The number of hydrogen-bond donors (Lipinski definition) is 2. The second-order valence-electron chi connectivity index (χ2n) is 4.62. The first kappa shape index (κ1) is 14.1. The molecule has 0 saturated carbocycles. The van der Waals surface area contributed by atoms with E-state index in [1.54, 1.807) is 11.6 Å². The molecule has 3 heterocycles. The van der Waals surface area contributed by atoms with Gasteiger partial charge in [-0.25, -0.2) is 9.97 Å². The molecular formula is C12H13N5O2S2. The van der Waals surface area contributed by atoms with Crippen LogP contribution in [-0.4, -0.2) is 40.3 Å². The lowest BCUT2D eigenvalue weighted by Crippen LogP contribution is -2.29. The van der Waals surface area contributed by atoms with Gasteiger partial charge in [-0.2, -0.15) is 0 Å². The van der Waals surface area contributed by atoms with Crippen LogP contribution in [0.25, 0.3) is 0 Å². The molecule has 0 saturated heterocycles. The summed E-state index contributed by atoms with van der Waals surface area (Å²) < 4.78 is 0. The van der Waals surface area contributed by atoms with E-state index in [9.17, 15) is 9.59 Å². The van der Waals surface area contributed by atoms with Gasteiger partial charge in [0.15, 0.2) is 10.3 Å². The second-order valence-corrected chi connectivity index (χ2v) is 6.60. The van der Waals surface area contributed by atoms with Crippen LogP contribution >= 0.6 is 22.7 Å². The number of carbonyl (C=O) groups excluding carboxylic acids is 2. The minimum absolute atomic E-state index is 0.398. The summed E-state index contributed by atoms with van der Waals surface area (Å²) >= 11 is 2.67. The van der Waals surface area contributed by atoms with E-state index < -0.39 is 11.8 Å². The number of nitrogens with one attached hydrogen (secondary N) is 2. The number of amides is 2. The fraction of sp³-hybridized carbons (Fsp3) is 0.333. The smallest absolute Gasteiger partial charge is 0.301 e. The first-order valence-corrected chi connectivity index (χ1v) is 8.00. The number of anilines is 2. The minimum Gasteiger partial charge on any atom is -0.301 e. The lowest BCUT2D eigenvalue weighted by atomic mass is 10.2. The standard InChI is InChI=1S/C12H13N5O2S2/c1-17-4-2-7-8(6-17)21-12(14-7)16-10(19)9(18)15-11-13-3-5-20-11/h3,5H,2,4,6H2,1H3,(H,13,15,18)(H,14,16,19). The molecule has 0 aliphatic carbocycles. The van der Waals surface area contributed by atoms with Crippen LogP contribution in [0.3, 0.4) is 0 Å². The maximum atomic E-state index is 11.8. The van der Waals surface area contributed by atoms with Crippen molar-refractivity contribution in [3.63, 3.8) is 0 Å². The molecule has 9 heteroatoms. The van der Waals surface area contributed by atoms with Gasteiger partial charge in [-0.05, 0) is 7.05 Å². The zero-order chi connectivity index (χ0) is 14.8. The lowest BCUT2D eigenvalue weighted by Gasteiger charge is -2.20. The topological polar surface area (TPSA) is 87.2 Å². The molecule has 2 aromatic heterocycles. The Morgan fingerprint density at radius 1 is 1.29 bits per heavy atom. The molecule has 7 nitrogen and oxygen atoms in total. The van der Waals surface area contributed by atoms with Crippen LogP contribution in [0.15, 0.2) is 11.6 Å². The van der Waals surface area contributed by atoms with Gasteiger partial charge in [0, 0.05) is 36.0 Å². The minimum atomic E-state index is -0.741. The van der Waals surface area contributed by atoms with Gasteiger partial charge in [0.25, 0.3) is 0 Å². The number of fused-ring (bicyclic) bond motifs is 1. The van der Waals surface area contributed by atoms with E-state index in [2.05, 4.69) is 25.5 Å².